The van der Waals surface area contributed by atoms with Crippen LogP contribution in [0.15, 0.2) is 24.3 Å². The van der Waals surface area contributed by atoms with Crippen LogP contribution in [-0.4, -0.2) is 18.8 Å². The van der Waals surface area contributed by atoms with Crippen molar-refractivity contribution in [2.24, 2.45) is 5.92 Å². The molecule has 2 nitrogen and oxygen atoms in total. The summed E-state index contributed by atoms with van der Waals surface area (Å²) in [6, 6.07) is 8.17. The van der Waals surface area contributed by atoms with Gasteiger partial charge in [0.1, 0.15) is 5.75 Å². The molecule has 2 heteroatoms. The molecule has 1 aromatic carbocycles. The highest BCUT2D eigenvalue weighted by atomic mass is 16.5. The highest BCUT2D eigenvalue weighted by Gasteiger charge is 2.00. The number of hydrogen-bond donors (Lipinski definition) is 1. The summed E-state index contributed by atoms with van der Waals surface area (Å²) >= 11 is 0. The number of aryl methyl sites for hydroxylation is 1. The van der Waals surface area contributed by atoms with Crippen LogP contribution < -0.4 is 4.74 Å². The molecule has 1 atom stereocenters. The van der Waals surface area contributed by atoms with Crippen molar-refractivity contribution in [2.75, 3.05) is 13.7 Å². The lowest BCUT2D eigenvalue weighted by atomic mass is 10.0. The number of aliphatic hydroxyl groups is 1. The van der Waals surface area contributed by atoms with Crippen LogP contribution >= 0.6 is 0 Å². The van der Waals surface area contributed by atoms with E-state index in [-0.39, 0.29) is 6.61 Å². The summed E-state index contributed by atoms with van der Waals surface area (Å²) in [5.74, 6) is 1.33. The van der Waals surface area contributed by atoms with E-state index in [2.05, 4.69) is 19.1 Å². The van der Waals surface area contributed by atoms with Gasteiger partial charge in [-0.25, -0.2) is 0 Å². The number of methoxy groups -OCH3 is 1. The number of aliphatic hydroxyl groups excluding tert-OH is 1. The molecule has 0 aliphatic carbocycles. The van der Waals surface area contributed by atoms with E-state index >= 15 is 0 Å². The summed E-state index contributed by atoms with van der Waals surface area (Å²) in [4.78, 5) is 0. The fourth-order valence-corrected chi connectivity index (χ4v) is 1.57. The summed E-state index contributed by atoms with van der Waals surface area (Å²) in [5, 5.41) is 8.89. The molecule has 0 aromatic heterocycles. The first kappa shape index (κ1) is 12.1. The first-order valence-electron chi connectivity index (χ1n) is 5.50. The molecule has 0 bridgehead atoms. The van der Waals surface area contributed by atoms with Crippen molar-refractivity contribution in [3.05, 3.63) is 29.8 Å². The van der Waals surface area contributed by atoms with Crippen molar-refractivity contribution in [1.82, 2.24) is 0 Å². The van der Waals surface area contributed by atoms with E-state index in [1.807, 2.05) is 12.1 Å². The Hall–Kier alpha value is -1.02. The van der Waals surface area contributed by atoms with E-state index in [4.69, 9.17) is 9.84 Å². The smallest absolute Gasteiger partial charge is 0.119 e. The van der Waals surface area contributed by atoms with Crippen LogP contribution in [-0.2, 0) is 6.42 Å². The second-order valence-corrected chi connectivity index (χ2v) is 4.03. The van der Waals surface area contributed by atoms with Gasteiger partial charge in [-0.2, -0.15) is 0 Å². The number of hydrogen-bond acceptors (Lipinski definition) is 2. The lowest BCUT2D eigenvalue weighted by Gasteiger charge is -2.07. The summed E-state index contributed by atoms with van der Waals surface area (Å²) in [6.45, 7) is 2.36. The molecule has 1 aromatic rings. The van der Waals surface area contributed by atoms with E-state index in [1.165, 1.54) is 5.56 Å². The van der Waals surface area contributed by atoms with Crippen molar-refractivity contribution in [3.8, 4) is 5.75 Å². The molecule has 0 saturated heterocycles. The molecule has 0 heterocycles. The van der Waals surface area contributed by atoms with Crippen LogP contribution in [0.2, 0.25) is 0 Å². The lowest BCUT2D eigenvalue weighted by Crippen LogP contribution is -2.00. The van der Waals surface area contributed by atoms with Crippen molar-refractivity contribution < 1.29 is 9.84 Å². The third-order valence-electron chi connectivity index (χ3n) is 2.61. The second kappa shape index (κ2) is 6.46. The fraction of sp³-hybridized carbons (Fsp3) is 0.538. The van der Waals surface area contributed by atoms with Gasteiger partial charge in [0.2, 0.25) is 0 Å². The Kier molecular flexibility index (Phi) is 5.19. The van der Waals surface area contributed by atoms with Gasteiger partial charge in [-0.3, -0.25) is 0 Å². The van der Waals surface area contributed by atoms with Gasteiger partial charge in [0, 0.05) is 6.61 Å². The standard InChI is InChI=1S/C13H20O2/c1-11(10-14)5-3-6-12-7-4-8-13(9-12)15-2/h4,7-9,11,14H,3,5-6,10H2,1-2H3. The topological polar surface area (TPSA) is 29.5 Å². The van der Waals surface area contributed by atoms with Crippen LogP contribution in [0.4, 0.5) is 0 Å². The van der Waals surface area contributed by atoms with Crippen LogP contribution in [0.1, 0.15) is 25.3 Å². The van der Waals surface area contributed by atoms with E-state index in [0.29, 0.717) is 5.92 Å². The maximum absolute atomic E-state index is 8.89. The molecule has 0 spiro atoms. The fourth-order valence-electron chi connectivity index (χ4n) is 1.57. The predicted molar refractivity (Wildman–Crippen MR) is 62.2 cm³/mol. The zero-order chi connectivity index (χ0) is 11.1. The molecule has 84 valence electrons. The first-order chi connectivity index (χ1) is 7.26. The summed E-state index contributed by atoms with van der Waals surface area (Å²) in [5.41, 5.74) is 1.31. The molecular formula is C13H20O2. The van der Waals surface area contributed by atoms with E-state index < -0.39 is 0 Å². The highest BCUT2D eigenvalue weighted by molar-refractivity contribution is 5.28. The lowest BCUT2D eigenvalue weighted by molar-refractivity contribution is 0.228. The number of benzene rings is 1. The van der Waals surface area contributed by atoms with Crippen molar-refractivity contribution in [3.63, 3.8) is 0 Å². The average molecular weight is 208 g/mol. The number of ether oxygens (including phenoxy) is 1. The SMILES string of the molecule is COc1cccc(CCCC(C)CO)c1. The van der Waals surface area contributed by atoms with Crippen LogP contribution in [0, 0.1) is 5.92 Å². The summed E-state index contributed by atoms with van der Waals surface area (Å²) in [7, 11) is 1.69. The minimum absolute atomic E-state index is 0.290. The van der Waals surface area contributed by atoms with Crippen LogP contribution in [0.3, 0.4) is 0 Å². The van der Waals surface area contributed by atoms with Crippen LogP contribution in [0.25, 0.3) is 0 Å². The van der Waals surface area contributed by atoms with Crippen molar-refractivity contribution >= 4 is 0 Å². The maximum Gasteiger partial charge on any atom is 0.119 e. The van der Waals surface area contributed by atoms with Gasteiger partial charge in [-0.1, -0.05) is 19.1 Å². The van der Waals surface area contributed by atoms with E-state index in [0.717, 1.165) is 25.0 Å². The van der Waals surface area contributed by atoms with Gasteiger partial charge in [0.25, 0.3) is 0 Å². The molecule has 15 heavy (non-hydrogen) atoms. The molecule has 1 N–H and O–H groups in total. The van der Waals surface area contributed by atoms with E-state index in [9.17, 15) is 0 Å². The van der Waals surface area contributed by atoms with Gasteiger partial charge in [0.05, 0.1) is 7.11 Å². The largest absolute Gasteiger partial charge is 0.497 e. The predicted octanol–water partition coefficient (Wildman–Crippen LogP) is 2.65. The maximum atomic E-state index is 8.89. The van der Waals surface area contributed by atoms with Gasteiger partial charge in [0.15, 0.2) is 0 Å². The molecule has 0 aliphatic rings. The zero-order valence-corrected chi connectivity index (χ0v) is 9.57. The summed E-state index contributed by atoms with van der Waals surface area (Å²) in [6.07, 6.45) is 3.25. The molecule has 0 amide bonds. The Bertz CT molecular complexity index is 284. The molecular weight excluding hydrogens is 188 g/mol. The monoisotopic (exact) mass is 208 g/mol. The number of rotatable bonds is 6. The minimum atomic E-state index is 0.290. The van der Waals surface area contributed by atoms with E-state index in [1.54, 1.807) is 7.11 Å². The van der Waals surface area contributed by atoms with Gasteiger partial charge >= 0.3 is 0 Å². The average Bonchev–Trinajstić information content (AvgIpc) is 2.29. The first-order valence-corrected chi connectivity index (χ1v) is 5.50. The molecule has 0 saturated carbocycles. The van der Waals surface area contributed by atoms with Gasteiger partial charge in [-0.15, -0.1) is 0 Å². The highest BCUT2D eigenvalue weighted by Crippen LogP contribution is 2.15. The molecule has 0 fully saturated rings. The zero-order valence-electron chi connectivity index (χ0n) is 9.57. The Morgan fingerprint density at radius 2 is 2.20 bits per heavy atom. The quantitative estimate of drug-likeness (QED) is 0.778. The van der Waals surface area contributed by atoms with Gasteiger partial charge in [-0.05, 0) is 42.9 Å². The molecule has 1 rings (SSSR count). The normalized spacial score (nSPS) is 12.5. The third-order valence-corrected chi connectivity index (χ3v) is 2.61. The molecule has 0 radical (unpaired) electrons. The molecule has 0 aliphatic heterocycles. The Balaban J connectivity index is 2.37. The van der Waals surface area contributed by atoms with Crippen molar-refractivity contribution in [1.29, 1.82) is 0 Å². The van der Waals surface area contributed by atoms with Gasteiger partial charge < -0.3 is 9.84 Å². The summed E-state index contributed by atoms with van der Waals surface area (Å²) < 4.78 is 5.16. The van der Waals surface area contributed by atoms with Crippen LogP contribution in [0.5, 0.6) is 5.75 Å². The Labute approximate surface area is 91.9 Å². The second-order valence-electron chi connectivity index (χ2n) is 4.03. The Morgan fingerprint density at radius 1 is 1.40 bits per heavy atom. The Morgan fingerprint density at radius 3 is 2.87 bits per heavy atom. The molecule has 1 unspecified atom stereocenters. The minimum Gasteiger partial charge on any atom is -0.497 e. The third kappa shape index (κ3) is 4.34. The van der Waals surface area contributed by atoms with Crippen molar-refractivity contribution in [2.45, 2.75) is 26.2 Å².